The van der Waals surface area contributed by atoms with Crippen LogP contribution < -0.4 is 24.0 Å². The van der Waals surface area contributed by atoms with Gasteiger partial charge in [-0.3, -0.25) is 4.99 Å². The maximum atomic E-state index is 4.35. The van der Waals surface area contributed by atoms with Crippen LogP contribution in [0.3, 0.4) is 0 Å². The van der Waals surface area contributed by atoms with Crippen molar-refractivity contribution in [1.29, 1.82) is 0 Å². The van der Waals surface area contributed by atoms with Crippen LogP contribution in [0.5, 0.6) is 0 Å². The van der Waals surface area contributed by atoms with Gasteiger partial charge in [0.2, 0.25) is 0 Å². The van der Waals surface area contributed by atoms with Crippen molar-refractivity contribution in [2.75, 3.05) is 18.1 Å². The molecule has 0 aromatic rings. The Morgan fingerprint density at radius 2 is 2.45 bits per heavy atom. The Balaban J connectivity index is 0.000001000. The van der Waals surface area contributed by atoms with Gasteiger partial charge in [-0.25, -0.2) is 0 Å². The lowest BCUT2D eigenvalue weighted by Gasteiger charge is -1.96. The molecule has 66 valence electrons. The van der Waals surface area contributed by atoms with Crippen molar-refractivity contribution >= 4 is 27.9 Å². The molecular weight excluding hydrogens is 289 g/mol. The molecule has 1 aliphatic rings. The van der Waals surface area contributed by atoms with Gasteiger partial charge in [0.25, 0.3) is 0 Å². The van der Waals surface area contributed by atoms with Gasteiger partial charge < -0.3 is 24.0 Å². The summed E-state index contributed by atoms with van der Waals surface area (Å²) >= 11 is 3.83. The highest BCUT2D eigenvalue weighted by Crippen LogP contribution is 2.22. The lowest BCUT2D eigenvalue weighted by atomic mass is 10.4. The van der Waals surface area contributed by atoms with Gasteiger partial charge >= 0.3 is 0 Å². The van der Waals surface area contributed by atoms with Crippen LogP contribution in [0.25, 0.3) is 0 Å². The smallest absolute Gasteiger partial charge is 0.124 e. The molecule has 0 fully saturated rings. The van der Waals surface area contributed by atoms with E-state index in [2.05, 4.69) is 11.9 Å². The largest absolute Gasteiger partial charge is 1.00 e. The number of unbranched alkanes of at least 4 members (excludes halogenated alkanes) is 1. The molecule has 0 atom stereocenters. The topological polar surface area (TPSA) is 12.4 Å². The molecule has 0 aromatic heterocycles. The van der Waals surface area contributed by atoms with Crippen LogP contribution in [0.2, 0.25) is 0 Å². The van der Waals surface area contributed by atoms with E-state index in [1.54, 1.807) is 0 Å². The number of hydrogen-bond acceptors (Lipinski definition) is 3. The first-order valence-electron chi connectivity index (χ1n) is 3.73. The summed E-state index contributed by atoms with van der Waals surface area (Å²) in [7, 11) is 0. The van der Waals surface area contributed by atoms with E-state index in [1.807, 2.05) is 23.5 Å². The molecule has 0 bridgehead atoms. The van der Waals surface area contributed by atoms with Crippen LogP contribution in [0.15, 0.2) is 4.99 Å². The molecule has 0 amide bonds. The van der Waals surface area contributed by atoms with Crippen LogP contribution in [-0.4, -0.2) is 22.4 Å². The van der Waals surface area contributed by atoms with Crippen LogP contribution in [0.4, 0.5) is 0 Å². The predicted molar refractivity (Wildman–Crippen MR) is 52.1 cm³/mol. The van der Waals surface area contributed by atoms with Crippen molar-refractivity contribution in [1.82, 2.24) is 0 Å². The van der Waals surface area contributed by atoms with E-state index < -0.39 is 0 Å². The van der Waals surface area contributed by atoms with E-state index in [0.29, 0.717) is 0 Å². The van der Waals surface area contributed by atoms with Crippen molar-refractivity contribution < 1.29 is 24.0 Å². The number of rotatable bonds is 3. The van der Waals surface area contributed by atoms with Gasteiger partial charge in [-0.05, 0) is 12.2 Å². The summed E-state index contributed by atoms with van der Waals surface area (Å²) in [5.41, 5.74) is 0. The van der Waals surface area contributed by atoms with Crippen molar-refractivity contribution in [3.8, 4) is 0 Å². The van der Waals surface area contributed by atoms with Gasteiger partial charge in [-0.1, -0.05) is 36.9 Å². The van der Waals surface area contributed by atoms with Gasteiger partial charge in [0.1, 0.15) is 4.38 Å². The average molecular weight is 302 g/mol. The fourth-order valence-corrected chi connectivity index (χ4v) is 2.87. The number of halogens is 1. The zero-order chi connectivity index (χ0) is 7.23. The van der Waals surface area contributed by atoms with Crippen molar-refractivity contribution in [3.63, 3.8) is 0 Å². The van der Waals surface area contributed by atoms with Crippen LogP contribution in [-0.2, 0) is 0 Å². The standard InChI is InChI=1S/C7H13NS2.HI/c1-2-3-5-9-7-8-4-6-10-7;/h2-6H2,1H3;1H/p-1. The summed E-state index contributed by atoms with van der Waals surface area (Å²) in [4.78, 5) is 4.35. The maximum absolute atomic E-state index is 4.35. The maximum Gasteiger partial charge on any atom is 0.124 e. The lowest BCUT2D eigenvalue weighted by molar-refractivity contribution is -0.00000201. The molecule has 4 heteroatoms. The fourth-order valence-electron chi connectivity index (χ4n) is 0.707. The molecule has 0 spiro atoms. The molecule has 0 radical (unpaired) electrons. The predicted octanol–water partition coefficient (Wildman–Crippen LogP) is -0.374. The lowest BCUT2D eigenvalue weighted by Crippen LogP contribution is -3.00. The third-order valence-corrected chi connectivity index (χ3v) is 3.62. The SMILES string of the molecule is CCCCSC1=NCCS1.[I-]. The second kappa shape index (κ2) is 7.73. The fraction of sp³-hybridized carbons (Fsp3) is 0.857. The summed E-state index contributed by atoms with van der Waals surface area (Å²) in [5, 5.41) is 0. The van der Waals surface area contributed by atoms with Gasteiger partial charge in [0.05, 0.1) is 6.54 Å². The Bertz CT molecular complexity index is 128. The highest BCUT2D eigenvalue weighted by Gasteiger charge is 2.05. The monoisotopic (exact) mass is 302 g/mol. The van der Waals surface area contributed by atoms with E-state index in [4.69, 9.17) is 0 Å². The molecule has 0 N–H and O–H groups in total. The third-order valence-electron chi connectivity index (χ3n) is 1.28. The summed E-state index contributed by atoms with van der Waals surface area (Å²) < 4.78 is 1.31. The van der Waals surface area contributed by atoms with E-state index in [9.17, 15) is 0 Å². The second-order valence-electron chi connectivity index (χ2n) is 2.20. The molecule has 1 aliphatic heterocycles. The summed E-state index contributed by atoms with van der Waals surface area (Å²) in [5.74, 6) is 2.46. The van der Waals surface area contributed by atoms with E-state index >= 15 is 0 Å². The van der Waals surface area contributed by atoms with E-state index in [-0.39, 0.29) is 24.0 Å². The van der Waals surface area contributed by atoms with Crippen LogP contribution in [0.1, 0.15) is 19.8 Å². The molecule has 1 rings (SSSR count). The molecule has 0 saturated carbocycles. The number of nitrogens with zero attached hydrogens (tertiary/aromatic N) is 1. The minimum absolute atomic E-state index is 0. The van der Waals surface area contributed by atoms with Gasteiger partial charge in [-0.2, -0.15) is 0 Å². The molecule has 0 saturated heterocycles. The molecule has 11 heavy (non-hydrogen) atoms. The van der Waals surface area contributed by atoms with Crippen LogP contribution in [0, 0.1) is 0 Å². The Morgan fingerprint density at radius 1 is 1.64 bits per heavy atom. The van der Waals surface area contributed by atoms with Crippen molar-refractivity contribution in [2.24, 2.45) is 4.99 Å². The molecule has 0 aromatic carbocycles. The Labute approximate surface area is 94.2 Å². The quantitative estimate of drug-likeness (QED) is 0.521. The molecule has 1 nitrogen and oxygen atoms in total. The zero-order valence-corrected chi connectivity index (χ0v) is 10.5. The zero-order valence-electron chi connectivity index (χ0n) is 6.68. The molecule has 1 heterocycles. The van der Waals surface area contributed by atoms with E-state index in [0.717, 1.165) is 6.54 Å². The number of thioether (sulfide) groups is 2. The van der Waals surface area contributed by atoms with Gasteiger partial charge in [0.15, 0.2) is 0 Å². The minimum Gasteiger partial charge on any atom is -1.00 e. The highest BCUT2D eigenvalue weighted by atomic mass is 127. The summed E-state index contributed by atoms with van der Waals surface area (Å²) in [6, 6.07) is 0. The number of aliphatic imine (C=N–C) groups is 1. The first-order chi connectivity index (χ1) is 4.93. The average Bonchev–Trinajstić information content (AvgIpc) is 2.41. The Hall–Kier alpha value is 1.10. The number of hydrogen-bond donors (Lipinski definition) is 0. The second-order valence-corrected chi connectivity index (χ2v) is 4.62. The molecule has 0 unspecified atom stereocenters. The highest BCUT2D eigenvalue weighted by molar-refractivity contribution is 8.39. The molecule has 0 aliphatic carbocycles. The summed E-state index contributed by atoms with van der Waals surface area (Å²) in [6.07, 6.45) is 2.62. The van der Waals surface area contributed by atoms with E-state index in [1.165, 1.54) is 28.7 Å². The molecular formula is C7H13INS2-. The van der Waals surface area contributed by atoms with Crippen LogP contribution >= 0.6 is 23.5 Å². The third kappa shape index (κ3) is 5.36. The Kier molecular flexibility index (Phi) is 8.51. The van der Waals surface area contributed by atoms with Crippen molar-refractivity contribution in [2.45, 2.75) is 19.8 Å². The van der Waals surface area contributed by atoms with Gasteiger partial charge in [-0.15, -0.1) is 0 Å². The van der Waals surface area contributed by atoms with Gasteiger partial charge in [0, 0.05) is 5.75 Å². The van der Waals surface area contributed by atoms with Crippen molar-refractivity contribution in [3.05, 3.63) is 0 Å². The first-order valence-corrected chi connectivity index (χ1v) is 5.70. The Morgan fingerprint density at radius 3 is 3.00 bits per heavy atom. The minimum atomic E-state index is 0. The normalized spacial score (nSPS) is 15.9. The first kappa shape index (κ1) is 12.1. The summed E-state index contributed by atoms with van der Waals surface area (Å²) in [6.45, 7) is 3.27.